The van der Waals surface area contributed by atoms with E-state index >= 15 is 0 Å². The van der Waals surface area contributed by atoms with Crippen LogP contribution in [0.5, 0.6) is 0 Å². The van der Waals surface area contributed by atoms with E-state index in [1.54, 1.807) is 0 Å². The zero-order chi connectivity index (χ0) is 21.7. The van der Waals surface area contributed by atoms with Gasteiger partial charge in [0.15, 0.2) is 0 Å². The number of nitrogens with zero attached hydrogens (tertiary/aromatic N) is 1. The second kappa shape index (κ2) is 13.4. The number of pyridine rings is 1. The van der Waals surface area contributed by atoms with E-state index in [0.29, 0.717) is 0 Å². The molecule has 0 aliphatic heterocycles. The first-order valence-corrected chi connectivity index (χ1v) is 12.9. The molecule has 2 aromatic rings. The summed E-state index contributed by atoms with van der Waals surface area (Å²) in [4.78, 5) is 4.54. The van der Waals surface area contributed by atoms with Gasteiger partial charge in [-0.15, -0.1) is 0 Å². The SMILES string of the molecule is CCCCCCc1ccc(C#Cc2ccc([C@H]3CC[C@H](CCCCC)CC3)cc2)nc1. The van der Waals surface area contributed by atoms with Crippen LogP contribution in [0.1, 0.15) is 119 Å². The normalized spacial score (nSPS) is 18.4. The number of hydrogen-bond acceptors (Lipinski definition) is 1. The number of hydrogen-bond donors (Lipinski definition) is 0. The topological polar surface area (TPSA) is 12.9 Å². The van der Waals surface area contributed by atoms with Gasteiger partial charge < -0.3 is 0 Å². The molecule has 1 aliphatic carbocycles. The first-order valence-electron chi connectivity index (χ1n) is 12.9. The highest BCUT2D eigenvalue weighted by molar-refractivity contribution is 5.41. The first-order chi connectivity index (χ1) is 15.3. The van der Waals surface area contributed by atoms with E-state index in [0.717, 1.165) is 29.5 Å². The van der Waals surface area contributed by atoms with E-state index in [4.69, 9.17) is 0 Å². The maximum absolute atomic E-state index is 4.54. The molecule has 0 amide bonds. The monoisotopic (exact) mass is 415 g/mol. The molecule has 1 nitrogen and oxygen atoms in total. The fraction of sp³-hybridized carbons (Fsp3) is 0.567. The molecule has 0 saturated heterocycles. The van der Waals surface area contributed by atoms with Crippen LogP contribution in [0.2, 0.25) is 0 Å². The lowest BCUT2D eigenvalue weighted by atomic mass is 9.77. The van der Waals surface area contributed by atoms with Crippen molar-refractivity contribution in [3.63, 3.8) is 0 Å². The number of rotatable bonds is 10. The van der Waals surface area contributed by atoms with Crippen LogP contribution in [0.3, 0.4) is 0 Å². The van der Waals surface area contributed by atoms with Crippen molar-refractivity contribution in [3.8, 4) is 11.8 Å². The van der Waals surface area contributed by atoms with Crippen LogP contribution in [-0.4, -0.2) is 4.98 Å². The summed E-state index contributed by atoms with van der Waals surface area (Å²) in [6, 6.07) is 13.2. The Bertz CT molecular complexity index is 798. The highest BCUT2D eigenvalue weighted by Crippen LogP contribution is 2.37. The van der Waals surface area contributed by atoms with Gasteiger partial charge in [0.25, 0.3) is 0 Å². The van der Waals surface area contributed by atoms with Gasteiger partial charge in [-0.1, -0.05) is 82.9 Å². The lowest BCUT2D eigenvalue weighted by Crippen LogP contribution is -2.13. The quantitative estimate of drug-likeness (QED) is 0.280. The first kappa shape index (κ1) is 23.6. The summed E-state index contributed by atoms with van der Waals surface area (Å²) in [5, 5.41) is 0. The predicted octanol–water partition coefficient (Wildman–Crippen LogP) is 8.46. The molecule has 0 N–H and O–H groups in total. The zero-order valence-electron chi connectivity index (χ0n) is 19.8. The lowest BCUT2D eigenvalue weighted by Gasteiger charge is -2.29. The van der Waals surface area contributed by atoms with Gasteiger partial charge in [-0.2, -0.15) is 0 Å². The molecule has 3 rings (SSSR count). The van der Waals surface area contributed by atoms with Crippen molar-refractivity contribution in [1.29, 1.82) is 0 Å². The Morgan fingerprint density at radius 2 is 1.52 bits per heavy atom. The van der Waals surface area contributed by atoms with Gasteiger partial charge in [-0.05, 0) is 85.6 Å². The number of aromatic nitrogens is 1. The van der Waals surface area contributed by atoms with E-state index in [1.807, 2.05) is 6.20 Å². The Morgan fingerprint density at radius 1 is 0.774 bits per heavy atom. The molecule has 1 aromatic carbocycles. The number of benzene rings is 1. The molecular weight excluding hydrogens is 374 g/mol. The van der Waals surface area contributed by atoms with Crippen molar-refractivity contribution in [2.75, 3.05) is 0 Å². The van der Waals surface area contributed by atoms with Crippen LogP contribution in [-0.2, 0) is 6.42 Å². The third kappa shape index (κ3) is 8.17. The van der Waals surface area contributed by atoms with Gasteiger partial charge >= 0.3 is 0 Å². The summed E-state index contributed by atoms with van der Waals surface area (Å²) in [5.74, 6) is 8.25. The maximum atomic E-state index is 4.54. The van der Waals surface area contributed by atoms with Gasteiger partial charge in [0.1, 0.15) is 5.69 Å². The second-order valence-electron chi connectivity index (χ2n) is 9.45. The van der Waals surface area contributed by atoms with E-state index in [1.165, 1.54) is 88.2 Å². The molecule has 0 radical (unpaired) electrons. The molecule has 0 atom stereocenters. The van der Waals surface area contributed by atoms with E-state index in [9.17, 15) is 0 Å². The summed E-state index contributed by atoms with van der Waals surface area (Å²) in [7, 11) is 0. The maximum Gasteiger partial charge on any atom is 0.113 e. The van der Waals surface area contributed by atoms with E-state index in [-0.39, 0.29) is 0 Å². The molecule has 1 aromatic heterocycles. The molecule has 1 saturated carbocycles. The zero-order valence-corrected chi connectivity index (χ0v) is 19.8. The van der Waals surface area contributed by atoms with E-state index in [2.05, 4.69) is 67.1 Å². The second-order valence-corrected chi connectivity index (χ2v) is 9.45. The molecule has 1 fully saturated rings. The van der Waals surface area contributed by atoms with Crippen LogP contribution < -0.4 is 0 Å². The summed E-state index contributed by atoms with van der Waals surface area (Å²) in [6.07, 6.45) is 19.5. The molecule has 1 heterocycles. The highest BCUT2D eigenvalue weighted by Gasteiger charge is 2.21. The standard InChI is InChI=1S/C30H41N/c1-3-5-7-9-11-27-17-23-30(31-24-27)22-16-26-14-20-29(21-15-26)28-18-12-25(13-19-28)10-8-6-4-2/h14-15,17,20-21,23-25,28H,3-13,18-19H2,1-2H3/t25-,28-. The van der Waals surface area contributed by atoms with E-state index < -0.39 is 0 Å². The minimum atomic E-state index is 0.746. The van der Waals surface area contributed by atoms with Gasteiger partial charge in [0, 0.05) is 11.8 Å². The van der Waals surface area contributed by atoms with Crippen LogP contribution in [0, 0.1) is 17.8 Å². The van der Waals surface area contributed by atoms with Gasteiger partial charge in [0.2, 0.25) is 0 Å². The Hall–Kier alpha value is -2.07. The molecule has 0 spiro atoms. The number of unbranched alkanes of at least 4 members (excludes halogenated alkanes) is 5. The summed E-state index contributed by atoms with van der Waals surface area (Å²) in [5.41, 5.74) is 4.78. The predicted molar refractivity (Wildman–Crippen MR) is 133 cm³/mol. The van der Waals surface area contributed by atoms with Crippen LogP contribution in [0.25, 0.3) is 0 Å². The van der Waals surface area contributed by atoms with Gasteiger partial charge in [-0.3, -0.25) is 0 Å². The molecule has 166 valence electrons. The third-order valence-corrected chi connectivity index (χ3v) is 6.92. The van der Waals surface area contributed by atoms with Crippen molar-refractivity contribution in [1.82, 2.24) is 4.98 Å². The van der Waals surface area contributed by atoms with Gasteiger partial charge in [-0.25, -0.2) is 4.98 Å². The fourth-order valence-electron chi connectivity index (χ4n) is 4.84. The summed E-state index contributed by atoms with van der Waals surface area (Å²) < 4.78 is 0. The average Bonchev–Trinajstić information content (AvgIpc) is 2.82. The molecular formula is C30H41N. The molecule has 1 aliphatic rings. The van der Waals surface area contributed by atoms with Crippen molar-refractivity contribution >= 4 is 0 Å². The summed E-state index contributed by atoms with van der Waals surface area (Å²) in [6.45, 7) is 4.55. The van der Waals surface area contributed by atoms with Crippen LogP contribution in [0.15, 0.2) is 42.6 Å². The molecule has 1 heteroatoms. The molecule has 0 unspecified atom stereocenters. The van der Waals surface area contributed by atoms with Crippen molar-refractivity contribution in [2.24, 2.45) is 5.92 Å². The van der Waals surface area contributed by atoms with Crippen LogP contribution in [0.4, 0.5) is 0 Å². The highest BCUT2D eigenvalue weighted by atomic mass is 14.7. The minimum Gasteiger partial charge on any atom is -0.248 e. The largest absolute Gasteiger partial charge is 0.248 e. The smallest absolute Gasteiger partial charge is 0.113 e. The van der Waals surface area contributed by atoms with Crippen LogP contribution >= 0.6 is 0 Å². The van der Waals surface area contributed by atoms with Crippen molar-refractivity contribution in [2.45, 2.75) is 103 Å². The minimum absolute atomic E-state index is 0.746. The Kier molecular flexibility index (Phi) is 10.2. The summed E-state index contributed by atoms with van der Waals surface area (Å²) >= 11 is 0. The fourth-order valence-corrected chi connectivity index (χ4v) is 4.84. The lowest BCUT2D eigenvalue weighted by molar-refractivity contribution is 0.303. The van der Waals surface area contributed by atoms with Gasteiger partial charge in [0.05, 0.1) is 0 Å². The molecule has 31 heavy (non-hydrogen) atoms. The Morgan fingerprint density at radius 3 is 2.19 bits per heavy atom. The Balaban J connectivity index is 1.46. The third-order valence-electron chi connectivity index (χ3n) is 6.92. The number of aryl methyl sites for hydroxylation is 1. The average molecular weight is 416 g/mol. The Labute approximate surface area is 191 Å². The van der Waals surface area contributed by atoms with Crippen molar-refractivity contribution in [3.05, 3.63) is 65.0 Å². The molecule has 0 bridgehead atoms. The van der Waals surface area contributed by atoms with Crippen molar-refractivity contribution < 1.29 is 0 Å².